The monoisotopic (exact) mass is 331 g/mol. The van der Waals surface area contributed by atoms with Gasteiger partial charge in [0.2, 0.25) is 10.0 Å². The van der Waals surface area contributed by atoms with E-state index in [1.54, 1.807) is 0 Å². The molecule has 7 nitrogen and oxygen atoms in total. The fourth-order valence-electron chi connectivity index (χ4n) is 2.67. The molecule has 0 atom stereocenters. The van der Waals surface area contributed by atoms with E-state index < -0.39 is 38.1 Å². The first-order valence-corrected chi connectivity index (χ1v) is 8.10. The van der Waals surface area contributed by atoms with Crippen molar-refractivity contribution in [2.45, 2.75) is 17.1 Å². The van der Waals surface area contributed by atoms with Gasteiger partial charge in [0, 0.05) is 13.0 Å². The number of rotatable bonds is 3. The molecule has 2 aliphatic heterocycles. The van der Waals surface area contributed by atoms with Crippen LogP contribution in [0.15, 0.2) is 23.1 Å². The van der Waals surface area contributed by atoms with Gasteiger partial charge in [0.05, 0.1) is 25.3 Å². The van der Waals surface area contributed by atoms with Crippen molar-refractivity contribution in [3.8, 4) is 0 Å². The van der Waals surface area contributed by atoms with Gasteiger partial charge in [0.15, 0.2) is 11.6 Å². The maximum atomic E-state index is 14.2. The van der Waals surface area contributed by atoms with Gasteiger partial charge < -0.3 is 14.6 Å². The van der Waals surface area contributed by atoms with Crippen LogP contribution in [-0.4, -0.2) is 55.9 Å². The Hall–Kier alpha value is -1.55. The first kappa shape index (κ1) is 15.3. The van der Waals surface area contributed by atoms with Crippen molar-refractivity contribution in [3.05, 3.63) is 29.6 Å². The number of halogens is 1. The van der Waals surface area contributed by atoms with Crippen molar-refractivity contribution < 1.29 is 32.2 Å². The molecule has 0 radical (unpaired) electrons. The Bertz CT molecular complexity index is 713. The highest BCUT2D eigenvalue weighted by Gasteiger charge is 2.47. The van der Waals surface area contributed by atoms with E-state index in [0.717, 1.165) is 16.4 Å². The van der Waals surface area contributed by atoms with E-state index in [0.29, 0.717) is 19.6 Å². The maximum absolute atomic E-state index is 14.2. The number of ether oxygens (including phenoxy) is 2. The molecule has 120 valence electrons. The Morgan fingerprint density at radius 2 is 2.00 bits per heavy atom. The van der Waals surface area contributed by atoms with Gasteiger partial charge in [0.25, 0.3) is 0 Å². The van der Waals surface area contributed by atoms with Crippen molar-refractivity contribution in [2.75, 3.05) is 26.3 Å². The molecule has 1 aromatic carbocycles. The van der Waals surface area contributed by atoms with Crippen molar-refractivity contribution >= 4 is 16.0 Å². The van der Waals surface area contributed by atoms with E-state index in [4.69, 9.17) is 14.6 Å². The lowest BCUT2D eigenvalue weighted by Gasteiger charge is -2.22. The molecular weight excluding hydrogens is 317 g/mol. The molecule has 0 unspecified atom stereocenters. The molecular formula is C13H14FNO6S. The molecule has 0 amide bonds. The summed E-state index contributed by atoms with van der Waals surface area (Å²) in [4.78, 5) is 10.3. The predicted octanol–water partition coefficient (Wildman–Crippen LogP) is 0.661. The van der Waals surface area contributed by atoms with Crippen LogP contribution in [0.5, 0.6) is 0 Å². The molecule has 3 rings (SSSR count). The number of sulfonamides is 1. The third-order valence-electron chi connectivity index (χ3n) is 3.78. The number of carboxylic acids is 1. The van der Waals surface area contributed by atoms with Gasteiger partial charge in [-0.3, -0.25) is 0 Å². The van der Waals surface area contributed by atoms with E-state index >= 15 is 0 Å². The highest BCUT2D eigenvalue weighted by atomic mass is 32.2. The van der Waals surface area contributed by atoms with E-state index in [2.05, 4.69) is 0 Å². The lowest BCUT2D eigenvalue weighted by molar-refractivity contribution is -0.142. The van der Waals surface area contributed by atoms with Crippen molar-refractivity contribution in [1.29, 1.82) is 0 Å². The molecule has 2 aliphatic rings. The molecule has 2 heterocycles. The summed E-state index contributed by atoms with van der Waals surface area (Å²) in [5.74, 6) is -3.74. The Kier molecular flexibility index (Phi) is 3.68. The normalized spacial score (nSPS) is 21.5. The van der Waals surface area contributed by atoms with Gasteiger partial charge >= 0.3 is 5.97 Å². The molecule has 1 aromatic rings. The number of carboxylic acid groups (broad SMARTS) is 1. The summed E-state index contributed by atoms with van der Waals surface area (Å²) >= 11 is 0. The third-order valence-corrected chi connectivity index (χ3v) is 5.65. The highest BCUT2D eigenvalue weighted by molar-refractivity contribution is 7.89. The molecule has 1 N–H and O–H groups in total. The van der Waals surface area contributed by atoms with Gasteiger partial charge in [0.1, 0.15) is 4.90 Å². The molecule has 0 aliphatic carbocycles. The molecule has 2 fully saturated rings. The van der Waals surface area contributed by atoms with Gasteiger partial charge in [-0.05, 0) is 12.1 Å². The smallest absolute Gasteiger partial charge is 0.338 e. The summed E-state index contributed by atoms with van der Waals surface area (Å²) in [5.41, 5.74) is -0.677. The van der Waals surface area contributed by atoms with E-state index in [1.165, 1.54) is 6.07 Å². The summed E-state index contributed by atoms with van der Waals surface area (Å²) in [6.45, 7) is 0.860. The average molecular weight is 331 g/mol. The molecule has 0 aromatic heterocycles. The summed E-state index contributed by atoms with van der Waals surface area (Å²) in [7, 11) is -4.15. The molecule has 0 saturated carbocycles. The average Bonchev–Trinajstić information content (AvgIpc) is 3.09. The number of aromatic carboxylic acids is 1. The fraction of sp³-hybridized carbons (Fsp3) is 0.462. The second-order valence-electron chi connectivity index (χ2n) is 5.12. The quantitative estimate of drug-likeness (QED) is 0.875. The Morgan fingerprint density at radius 3 is 2.64 bits per heavy atom. The first-order valence-electron chi connectivity index (χ1n) is 6.66. The lowest BCUT2D eigenvalue weighted by atomic mass is 10.2. The number of carbonyl (C=O) groups is 1. The van der Waals surface area contributed by atoms with Crippen LogP contribution in [0.2, 0.25) is 0 Å². The number of nitrogens with zero attached hydrogens (tertiary/aromatic N) is 1. The topological polar surface area (TPSA) is 93.1 Å². The molecule has 2 saturated heterocycles. The zero-order valence-corrected chi connectivity index (χ0v) is 12.3. The standard InChI is InChI=1S/C13H14FNO6S/c14-11-9(12(16)17)2-1-3-10(11)22(18,19)15-5-4-13(8-15)20-6-7-21-13/h1-3H,4-8H2,(H,16,17). The van der Waals surface area contributed by atoms with Crippen molar-refractivity contribution in [3.63, 3.8) is 0 Å². The maximum Gasteiger partial charge on any atom is 0.338 e. The second-order valence-corrected chi connectivity index (χ2v) is 7.03. The minimum atomic E-state index is -4.15. The number of hydrogen-bond acceptors (Lipinski definition) is 5. The predicted molar refractivity (Wildman–Crippen MR) is 71.4 cm³/mol. The van der Waals surface area contributed by atoms with Crippen molar-refractivity contribution in [1.82, 2.24) is 4.31 Å². The zero-order valence-electron chi connectivity index (χ0n) is 11.5. The summed E-state index contributed by atoms with van der Waals surface area (Å²) < 4.78 is 51.2. The van der Waals surface area contributed by atoms with Gasteiger partial charge in [-0.1, -0.05) is 6.07 Å². The van der Waals surface area contributed by atoms with Crippen molar-refractivity contribution in [2.24, 2.45) is 0 Å². The third kappa shape index (κ3) is 2.39. The van der Waals surface area contributed by atoms with Crippen LogP contribution in [0.4, 0.5) is 4.39 Å². The number of benzene rings is 1. The van der Waals surface area contributed by atoms with Crippen LogP contribution >= 0.6 is 0 Å². The molecule has 1 spiro atoms. The minimum Gasteiger partial charge on any atom is -0.478 e. The van der Waals surface area contributed by atoms with Crippen LogP contribution in [0.1, 0.15) is 16.8 Å². The first-order chi connectivity index (χ1) is 10.4. The second kappa shape index (κ2) is 5.27. The van der Waals surface area contributed by atoms with Crippen LogP contribution in [0, 0.1) is 5.82 Å². The Labute approximate surface area is 126 Å². The number of hydrogen-bond donors (Lipinski definition) is 1. The Morgan fingerprint density at radius 1 is 1.32 bits per heavy atom. The summed E-state index contributed by atoms with van der Waals surface area (Å²) in [6, 6.07) is 3.28. The Balaban J connectivity index is 1.94. The zero-order chi connectivity index (χ0) is 16.0. The fourth-order valence-corrected chi connectivity index (χ4v) is 4.24. The SMILES string of the molecule is O=C(O)c1cccc(S(=O)(=O)N2CCC3(C2)OCCO3)c1F. The molecule has 9 heteroatoms. The molecule has 0 bridgehead atoms. The van der Waals surface area contributed by atoms with E-state index in [1.807, 2.05) is 0 Å². The van der Waals surface area contributed by atoms with Gasteiger partial charge in [-0.2, -0.15) is 4.31 Å². The summed E-state index contributed by atoms with van der Waals surface area (Å²) in [6.07, 6.45) is 0.354. The van der Waals surface area contributed by atoms with E-state index in [9.17, 15) is 17.6 Å². The van der Waals surface area contributed by atoms with Gasteiger partial charge in [-0.15, -0.1) is 0 Å². The van der Waals surface area contributed by atoms with Crippen LogP contribution in [-0.2, 0) is 19.5 Å². The van der Waals surface area contributed by atoms with Crippen LogP contribution in [0.3, 0.4) is 0 Å². The molecule has 22 heavy (non-hydrogen) atoms. The van der Waals surface area contributed by atoms with Crippen LogP contribution in [0.25, 0.3) is 0 Å². The minimum absolute atomic E-state index is 0.0356. The van der Waals surface area contributed by atoms with Crippen LogP contribution < -0.4 is 0 Å². The summed E-state index contributed by atoms with van der Waals surface area (Å²) in [5, 5.41) is 8.90. The highest BCUT2D eigenvalue weighted by Crippen LogP contribution is 2.34. The lowest BCUT2D eigenvalue weighted by Crippen LogP contribution is -2.37. The largest absolute Gasteiger partial charge is 0.478 e. The van der Waals surface area contributed by atoms with Gasteiger partial charge in [-0.25, -0.2) is 17.6 Å². The van der Waals surface area contributed by atoms with E-state index in [-0.39, 0.29) is 13.1 Å².